The van der Waals surface area contributed by atoms with Crippen molar-refractivity contribution in [3.8, 4) is 0 Å². The second-order valence-corrected chi connectivity index (χ2v) is 6.15. The first-order valence-electron chi connectivity index (χ1n) is 7.00. The van der Waals surface area contributed by atoms with Crippen molar-refractivity contribution in [3.05, 3.63) is 28.5 Å². The van der Waals surface area contributed by atoms with Crippen LogP contribution in [-0.2, 0) is 11.3 Å². The highest BCUT2D eigenvalue weighted by Gasteiger charge is 2.28. The van der Waals surface area contributed by atoms with Gasteiger partial charge in [-0.05, 0) is 12.8 Å². The predicted octanol–water partition coefficient (Wildman–Crippen LogP) is 0.240. The minimum absolute atomic E-state index is 0.0813. The third-order valence-electron chi connectivity index (χ3n) is 3.58. The summed E-state index contributed by atoms with van der Waals surface area (Å²) in [6, 6.07) is 0. The molecule has 1 aliphatic heterocycles. The molecule has 1 unspecified atom stereocenters. The number of amides is 2. The molecule has 8 nitrogen and oxygen atoms in total. The third-order valence-corrected chi connectivity index (χ3v) is 4.52. The van der Waals surface area contributed by atoms with Gasteiger partial charge in [0.1, 0.15) is 6.54 Å². The second kappa shape index (κ2) is 6.22. The number of aromatic nitrogens is 4. The Morgan fingerprint density at radius 3 is 3.05 bits per heavy atom. The van der Waals surface area contributed by atoms with Gasteiger partial charge in [0.2, 0.25) is 5.91 Å². The quantitative estimate of drug-likeness (QED) is 0.868. The monoisotopic (exact) mass is 320 g/mol. The number of hydrogen-bond acceptors (Lipinski definition) is 6. The number of hydrogen-bond donors (Lipinski definition) is 1. The van der Waals surface area contributed by atoms with Crippen molar-refractivity contribution < 1.29 is 9.59 Å². The normalized spacial score (nSPS) is 18.4. The lowest BCUT2D eigenvalue weighted by atomic mass is 9.98. The Kier molecular flexibility index (Phi) is 4.14. The number of nitrogens with zero attached hydrogens (tertiary/aromatic N) is 5. The van der Waals surface area contributed by atoms with Gasteiger partial charge in [-0.25, -0.2) is 9.67 Å². The van der Waals surface area contributed by atoms with E-state index >= 15 is 0 Å². The van der Waals surface area contributed by atoms with Crippen molar-refractivity contribution >= 4 is 23.2 Å². The van der Waals surface area contributed by atoms with Crippen LogP contribution < -0.4 is 5.73 Å². The van der Waals surface area contributed by atoms with Crippen molar-refractivity contribution in [2.45, 2.75) is 25.3 Å². The molecule has 116 valence electrons. The van der Waals surface area contributed by atoms with Crippen LogP contribution in [0.2, 0.25) is 0 Å². The SMILES string of the molecule is NC(=O)Cn1cc(C(=O)N2CCCC(c3nccs3)C2)nn1. The van der Waals surface area contributed by atoms with Crippen LogP contribution in [0, 0.1) is 0 Å². The van der Waals surface area contributed by atoms with E-state index in [0.717, 1.165) is 17.8 Å². The molecule has 2 aromatic rings. The number of carbonyl (C=O) groups excluding carboxylic acids is 2. The number of piperidine rings is 1. The van der Waals surface area contributed by atoms with Crippen LogP contribution >= 0.6 is 11.3 Å². The molecule has 0 bridgehead atoms. The van der Waals surface area contributed by atoms with Crippen LogP contribution in [0.3, 0.4) is 0 Å². The Bertz CT molecular complexity index is 668. The Morgan fingerprint density at radius 2 is 2.32 bits per heavy atom. The van der Waals surface area contributed by atoms with E-state index in [1.54, 1.807) is 22.4 Å². The number of rotatable bonds is 4. The third kappa shape index (κ3) is 3.14. The summed E-state index contributed by atoms with van der Waals surface area (Å²) in [7, 11) is 0. The van der Waals surface area contributed by atoms with Crippen LogP contribution in [0.5, 0.6) is 0 Å². The smallest absolute Gasteiger partial charge is 0.276 e. The highest BCUT2D eigenvalue weighted by molar-refractivity contribution is 7.09. The summed E-state index contributed by atoms with van der Waals surface area (Å²) in [5.41, 5.74) is 5.33. The topological polar surface area (TPSA) is 107 Å². The summed E-state index contributed by atoms with van der Waals surface area (Å²) in [5, 5.41) is 10.6. The molecule has 0 spiro atoms. The molecule has 0 radical (unpaired) electrons. The first-order chi connectivity index (χ1) is 10.6. The zero-order chi connectivity index (χ0) is 15.5. The molecular formula is C13H16N6O2S. The highest BCUT2D eigenvalue weighted by atomic mass is 32.1. The van der Waals surface area contributed by atoms with Crippen molar-refractivity contribution in [3.63, 3.8) is 0 Å². The minimum atomic E-state index is -0.522. The molecular weight excluding hydrogens is 304 g/mol. The first-order valence-corrected chi connectivity index (χ1v) is 7.88. The minimum Gasteiger partial charge on any atom is -0.368 e. The van der Waals surface area contributed by atoms with Crippen molar-refractivity contribution in [1.82, 2.24) is 24.9 Å². The fourth-order valence-corrected chi connectivity index (χ4v) is 3.36. The van der Waals surface area contributed by atoms with Gasteiger partial charge in [-0.2, -0.15) is 0 Å². The molecule has 1 aliphatic rings. The molecule has 1 saturated heterocycles. The molecule has 1 atom stereocenters. The molecule has 2 N–H and O–H groups in total. The molecule has 1 fully saturated rings. The average Bonchev–Trinajstić information content (AvgIpc) is 3.17. The second-order valence-electron chi connectivity index (χ2n) is 5.23. The van der Waals surface area contributed by atoms with Gasteiger partial charge >= 0.3 is 0 Å². The van der Waals surface area contributed by atoms with E-state index in [-0.39, 0.29) is 24.1 Å². The lowest BCUT2D eigenvalue weighted by Gasteiger charge is -2.31. The Balaban J connectivity index is 1.69. The standard InChI is InChI=1S/C13H16N6O2S/c14-11(20)8-19-7-10(16-17-19)13(21)18-4-1-2-9(6-18)12-15-3-5-22-12/h3,5,7,9H,1-2,4,6,8H2,(H2,14,20). The van der Waals surface area contributed by atoms with E-state index < -0.39 is 5.91 Å². The van der Waals surface area contributed by atoms with Crippen LogP contribution in [0.1, 0.15) is 34.3 Å². The summed E-state index contributed by atoms with van der Waals surface area (Å²) in [6.07, 6.45) is 5.22. The number of primary amides is 1. The molecule has 22 heavy (non-hydrogen) atoms. The number of thiazole rings is 1. The summed E-state index contributed by atoms with van der Waals surface area (Å²) < 4.78 is 1.28. The van der Waals surface area contributed by atoms with Gasteiger partial charge in [0.05, 0.1) is 11.2 Å². The van der Waals surface area contributed by atoms with Crippen LogP contribution in [0.15, 0.2) is 17.8 Å². The Labute approximate surface area is 130 Å². The largest absolute Gasteiger partial charge is 0.368 e. The number of likely N-dealkylation sites (tertiary alicyclic amines) is 1. The van der Waals surface area contributed by atoms with Gasteiger partial charge in [0, 0.05) is 30.6 Å². The van der Waals surface area contributed by atoms with Gasteiger partial charge in [-0.3, -0.25) is 9.59 Å². The van der Waals surface area contributed by atoms with Gasteiger partial charge in [-0.15, -0.1) is 16.4 Å². The first kappa shape index (κ1) is 14.6. The van der Waals surface area contributed by atoms with Crippen LogP contribution in [0.25, 0.3) is 0 Å². The summed E-state index contributed by atoms with van der Waals surface area (Å²) in [6.45, 7) is 1.25. The van der Waals surface area contributed by atoms with Gasteiger partial charge in [0.25, 0.3) is 5.91 Å². The fourth-order valence-electron chi connectivity index (χ4n) is 2.59. The molecule has 2 aromatic heterocycles. The number of nitrogens with two attached hydrogens (primary N) is 1. The molecule has 3 heterocycles. The zero-order valence-corrected chi connectivity index (χ0v) is 12.7. The Morgan fingerprint density at radius 1 is 1.45 bits per heavy atom. The van der Waals surface area contributed by atoms with E-state index in [2.05, 4.69) is 15.3 Å². The van der Waals surface area contributed by atoms with Crippen LogP contribution in [0.4, 0.5) is 0 Å². The number of carbonyl (C=O) groups is 2. The maximum Gasteiger partial charge on any atom is 0.276 e. The van der Waals surface area contributed by atoms with Crippen molar-refractivity contribution in [2.24, 2.45) is 5.73 Å². The van der Waals surface area contributed by atoms with Crippen molar-refractivity contribution in [1.29, 1.82) is 0 Å². The lowest BCUT2D eigenvalue weighted by molar-refractivity contribution is -0.118. The zero-order valence-electron chi connectivity index (χ0n) is 11.9. The Hall–Kier alpha value is -2.29. The molecule has 2 amide bonds. The fraction of sp³-hybridized carbons (Fsp3) is 0.462. The molecule has 0 aromatic carbocycles. The molecule has 3 rings (SSSR count). The molecule has 0 aliphatic carbocycles. The maximum absolute atomic E-state index is 12.5. The lowest BCUT2D eigenvalue weighted by Crippen LogP contribution is -2.39. The maximum atomic E-state index is 12.5. The van der Waals surface area contributed by atoms with Crippen LogP contribution in [-0.4, -0.2) is 49.8 Å². The average molecular weight is 320 g/mol. The van der Waals surface area contributed by atoms with Gasteiger partial charge in [-0.1, -0.05) is 5.21 Å². The molecule has 0 saturated carbocycles. The van der Waals surface area contributed by atoms with Gasteiger partial charge < -0.3 is 10.6 Å². The van der Waals surface area contributed by atoms with Gasteiger partial charge in [0.15, 0.2) is 5.69 Å². The predicted molar refractivity (Wildman–Crippen MR) is 79.2 cm³/mol. The molecule has 9 heteroatoms. The van der Waals surface area contributed by atoms with E-state index in [4.69, 9.17) is 5.73 Å². The van der Waals surface area contributed by atoms with E-state index in [9.17, 15) is 9.59 Å². The van der Waals surface area contributed by atoms with E-state index in [1.807, 2.05) is 5.38 Å². The summed E-state index contributed by atoms with van der Waals surface area (Å²) in [4.78, 5) is 29.5. The van der Waals surface area contributed by atoms with E-state index in [0.29, 0.717) is 13.1 Å². The van der Waals surface area contributed by atoms with Crippen molar-refractivity contribution in [2.75, 3.05) is 13.1 Å². The summed E-state index contributed by atoms with van der Waals surface area (Å²) >= 11 is 1.62. The highest BCUT2D eigenvalue weighted by Crippen LogP contribution is 2.28. The van der Waals surface area contributed by atoms with E-state index in [1.165, 1.54) is 10.9 Å². The summed E-state index contributed by atoms with van der Waals surface area (Å²) in [5.74, 6) is -0.416.